The van der Waals surface area contributed by atoms with E-state index in [9.17, 15) is 0 Å². The minimum atomic E-state index is -0.116. The fourth-order valence-corrected chi connectivity index (χ4v) is 2.82. The molecule has 1 rings (SSSR count). The first-order valence-corrected chi connectivity index (χ1v) is 7.12. The molecular weight excluding hydrogens is 210 g/mol. The Morgan fingerprint density at radius 3 is 2.35 bits per heavy atom. The lowest BCUT2D eigenvalue weighted by molar-refractivity contribution is -0.0639. The molecule has 0 amide bonds. The Balaban J connectivity index is 2.75. The lowest BCUT2D eigenvalue weighted by Gasteiger charge is -2.38. The summed E-state index contributed by atoms with van der Waals surface area (Å²) in [6.07, 6.45) is 14.2. The van der Waals surface area contributed by atoms with Crippen molar-refractivity contribution in [3.05, 3.63) is 0 Å². The van der Waals surface area contributed by atoms with Crippen molar-refractivity contribution in [1.82, 2.24) is 5.32 Å². The molecule has 1 fully saturated rings. The highest BCUT2D eigenvalue weighted by atomic mass is 16.5. The third-order valence-corrected chi connectivity index (χ3v) is 3.67. The van der Waals surface area contributed by atoms with Crippen LogP contribution in [0.2, 0.25) is 0 Å². The number of terminal acetylenes is 1. The van der Waals surface area contributed by atoms with E-state index in [2.05, 4.69) is 25.1 Å². The van der Waals surface area contributed by atoms with Crippen LogP contribution in [-0.4, -0.2) is 24.8 Å². The molecule has 17 heavy (non-hydrogen) atoms. The van der Waals surface area contributed by atoms with Crippen LogP contribution in [0.25, 0.3) is 0 Å². The van der Waals surface area contributed by atoms with Gasteiger partial charge in [0.25, 0.3) is 0 Å². The summed E-state index contributed by atoms with van der Waals surface area (Å²) < 4.78 is 6.10. The Kier molecular flexibility index (Phi) is 6.62. The summed E-state index contributed by atoms with van der Waals surface area (Å²) in [4.78, 5) is 0. The van der Waals surface area contributed by atoms with Crippen LogP contribution in [0.4, 0.5) is 0 Å². The molecule has 0 saturated heterocycles. The van der Waals surface area contributed by atoms with Crippen molar-refractivity contribution in [1.29, 1.82) is 0 Å². The van der Waals surface area contributed by atoms with E-state index in [-0.39, 0.29) is 11.6 Å². The minimum Gasteiger partial charge on any atom is -0.373 e. The average molecular weight is 237 g/mol. The van der Waals surface area contributed by atoms with Crippen LogP contribution >= 0.6 is 0 Å². The van der Waals surface area contributed by atoms with Crippen molar-refractivity contribution in [2.24, 2.45) is 0 Å². The van der Waals surface area contributed by atoms with E-state index in [0.29, 0.717) is 0 Å². The molecule has 1 unspecified atom stereocenters. The zero-order valence-electron chi connectivity index (χ0n) is 11.4. The SMILES string of the molecule is C#CC(NCCC)C1(OCC)CCCCCC1. The fraction of sp³-hybridized carbons (Fsp3) is 0.867. The number of hydrogen-bond donors (Lipinski definition) is 1. The summed E-state index contributed by atoms with van der Waals surface area (Å²) >= 11 is 0. The lowest BCUT2D eigenvalue weighted by atomic mass is 9.86. The Morgan fingerprint density at radius 2 is 1.88 bits per heavy atom. The monoisotopic (exact) mass is 237 g/mol. The van der Waals surface area contributed by atoms with Crippen molar-refractivity contribution < 1.29 is 4.74 Å². The van der Waals surface area contributed by atoms with Gasteiger partial charge in [0, 0.05) is 6.61 Å². The van der Waals surface area contributed by atoms with Gasteiger partial charge in [-0.1, -0.05) is 38.5 Å². The number of rotatable bonds is 6. The zero-order chi connectivity index (χ0) is 12.6. The normalized spacial score (nSPS) is 21.5. The second-order valence-electron chi connectivity index (χ2n) is 4.97. The van der Waals surface area contributed by atoms with E-state index in [1.165, 1.54) is 25.7 Å². The van der Waals surface area contributed by atoms with Crippen LogP contribution in [0, 0.1) is 12.3 Å². The van der Waals surface area contributed by atoms with Crippen molar-refractivity contribution in [2.45, 2.75) is 70.4 Å². The van der Waals surface area contributed by atoms with Gasteiger partial charge in [-0.15, -0.1) is 6.42 Å². The highest BCUT2D eigenvalue weighted by molar-refractivity contribution is 5.11. The molecule has 0 heterocycles. The quantitative estimate of drug-likeness (QED) is 0.566. The largest absolute Gasteiger partial charge is 0.373 e. The first-order chi connectivity index (χ1) is 8.29. The molecule has 1 N–H and O–H groups in total. The van der Waals surface area contributed by atoms with Gasteiger partial charge >= 0.3 is 0 Å². The zero-order valence-corrected chi connectivity index (χ0v) is 11.4. The summed E-state index contributed by atoms with van der Waals surface area (Å²) in [6.45, 7) is 5.97. The minimum absolute atomic E-state index is 0.0699. The summed E-state index contributed by atoms with van der Waals surface area (Å²) in [5.74, 6) is 2.92. The topological polar surface area (TPSA) is 21.3 Å². The maximum Gasteiger partial charge on any atom is 0.0981 e. The highest BCUT2D eigenvalue weighted by Gasteiger charge is 2.38. The van der Waals surface area contributed by atoms with Gasteiger partial charge in [-0.25, -0.2) is 0 Å². The standard InChI is InChI=1S/C15H27NO/c1-4-13-16-14(5-2)15(17-6-3)11-9-7-8-10-12-15/h2,14,16H,4,6-13H2,1,3H3. The molecule has 0 spiro atoms. The molecular formula is C15H27NO. The first-order valence-electron chi connectivity index (χ1n) is 7.12. The van der Waals surface area contributed by atoms with E-state index < -0.39 is 0 Å². The van der Waals surface area contributed by atoms with Crippen LogP contribution in [0.3, 0.4) is 0 Å². The Morgan fingerprint density at radius 1 is 1.24 bits per heavy atom. The summed E-state index contributed by atoms with van der Waals surface area (Å²) in [6, 6.07) is 0.0699. The second kappa shape index (κ2) is 7.74. The molecule has 1 aliphatic carbocycles. The molecule has 0 aromatic heterocycles. The van der Waals surface area contributed by atoms with Gasteiger partial charge in [-0.05, 0) is 32.7 Å². The van der Waals surface area contributed by atoms with Gasteiger partial charge in [-0.3, -0.25) is 0 Å². The number of nitrogens with one attached hydrogen (secondary N) is 1. The predicted octanol–water partition coefficient (Wildman–Crippen LogP) is 3.12. The molecule has 0 radical (unpaired) electrons. The Labute approximate surface area is 107 Å². The van der Waals surface area contributed by atoms with E-state index >= 15 is 0 Å². The molecule has 2 nitrogen and oxygen atoms in total. The van der Waals surface area contributed by atoms with Gasteiger partial charge in [0.15, 0.2) is 0 Å². The number of hydrogen-bond acceptors (Lipinski definition) is 2. The molecule has 0 aliphatic heterocycles. The van der Waals surface area contributed by atoms with Crippen LogP contribution in [0.5, 0.6) is 0 Å². The highest BCUT2D eigenvalue weighted by Crippen LogP contribution is 2.33. The molecule has 0 bridgehead atoms. The van der Waals surface area contributed by atoms with Gasteiger partial charge in [-0.2, -0.15) is 0 Å². The second-order valence-corrected chi connectivity index (χ2v) is 4.97. The maximum atomic E-state index is 6.10. The van der Waals surface area contributed by atoms with Gasteiger partial charge in [0.1, 0.15) is 0 Å². The van der Waals surface area contributed by atoms with Crippen molar-refractivity contribution >= 4 is 0 Å². The van der Waals surface area contributed by atoms with Gasteiger partial charge in [0.2, 0.25) is 0 Å². The lowest BCUT2D eigenvalue weighted by Crippen LogP contribution is -2.52. The molecule has 0 aromatic carbocycles. The first kappa shape index (κ1) is 14.5. The fourth-order valence-electron chi connectivity index (χ4n) is 2.82. The summed E-state index contributed by atoms with van der Waals surface area (Å²) in [7, 11) is 0. The van der Waals surface area contributed by atoms with Crippen LogP contribution in [-0.2, 0) is 4.74 Å². The molecule has 1 saturated carbocycles. The average Bonchev–Trinajstić information content (AvgIpc) is 2.57. The van der Waals surface area contributed by atoms with E-state index in [0.717, 1.165) is 32.4 Å². The predicted molar refractivity (Wildman–Crippen MR) is 73.0 cm³/mol. The number of ether oxygens (including phenoxy) is 1. The van der Waals surface area contributed by atoms with E-state index in [1.807, 2.05) is 0 Å². The maximum absolute atomic E-state index is 6.10. The molecule has 1 aliphatic rings. The van der Waals surface area contributed by atoms with Crippen LogP contribution in [0.15, 0.2) is 0 Å². The van der Waals surface area contributed by atoms with Gasteiger partial charge in [0.05, 0.1) is 11.6 Å². The van der Waals surface area contributed by atoms with Crippen LogP contribution in [0.1, 0.15) is 58.8 Å². The van der Waals surface area contributed by atoms with Crippen molar-refractivity contribution in [2.75, 3.05) is 13.2 Å². The Bertz CT molecular complexity index is 236. The van der Waals surface area contributed by atoms with Gasteiger partial charge < -0.3 is 10.1 Å². The third kappa shape index (κ3) is 4.01. The van der Waals surface area contributed by atoms with E-state index in [4.69, 9.17) is 11.2 Å². The smallest absolute Gasteiger partial charge is 0.0981 e. The summed E-state index contributed by atoms with van der Waals surface area (Å²) in [5, 5.41) is 3.48. The van der Waals surface area contributed by atoms with Crippen LogP contribution < -0.4 is 5.32 Å². The molecule has 98 valence electrons. The van der Waals surface area contributed by atoms with E-state index in [1.54, 1.807) is 0 Å². The molecule has 2 heteroatoms. The molecule has 0 aromatic rings. The van der Waals surface area contributed by atoms with Crippen molar-refractivity contribution in [3.8, 4) is 12.3 Å². The Hall–Kier alpha value is -0.520. The third-order valence-electron chi connectivity index (χ3n) is 3.67. The van der Waals surface area contributed by atoms with Crippen molar-refractivity contribution in [3.63, 3.8) is 0 Å². The molecule has 1 atom stereocenters. The summed E-state index contributed by atoms with van der Waals surface area (Å²) in [5.41, 5.74) is -0.116.